The lowest BCUT2D eigenvalue weighted by Gasteiger charge is -2.33. The van der Waals surface area contributed by atoms with Crippen LogP contribution in [0.15, 0.2) is 0 Å². The van der Waals surface area contributed by atoms with E-state index in [1.165, 1.54) is 0 Å². The highest BCUT2D eigenvalue weighted by Crippen LogP contribution is 2.03. The number of amides is 2. The molecule has 1 fully saturated rings. The number of nitrogens with zero attached hydrogens (tertiary/aromatic N) is 2. The van der Waals surface area contributed by atoms with E-state index < -0.39 is 0 Å². The van der Waals surface area contributed by atoms with Crippen molar-refractivity contribution in [3.63, 3.8) is 0 Å². The molecule has 106 valence electrons. The van der Waals surface area contributed by atoms with E-state index in [0.29, 0.717) is 5.92 Å². The number of carbonyl (C=O) groups is 1. The summed E-state index contributed by atoms with van der Waals surface area (Å²) in [4.78, 5) is 16.3. The quantitative estimate of drug-likeness (QED) is 0.756. The summed E-state index contributed by atoms with van der Waals surface area (Å²) >= 11 is 0. The first-order valence-corrected chi connectivity index (χ1v) is 6.92. The number of nitrogens with one attached hydrogen (secondary N) is 2. The van der Waals surface area contributed by atoms with Gasteiger partial charge in [0.15, 0.2) is 0 Å². The zero-order chi connectivity index (χ0) is 13.5. The van der Waals surface area contributed by atoms with Crippen LogP contribution in [0.5, 0.6) is 0 Å². The first-order valence-electron chi connectivity index (χ1n) is 6.92. The minimum Gasteiger partial charge on any atom is -0.338 e. The molecule has 0 spiro atoms. The summed E-state index contributed by atoms with van der Waals surface area (Å²) in [7, 11) is 2.17. The van der Waals surface area contributed by atoms with Crippen LogP contribution < -0.4 is 10.6 Å². The molecule has 5 nitrogen and oxygen atoms in total. The van der Waals surface area contributed by atoms with Gasteiger partial charge in [0.1, 0.15) is 0 Å². The number of piperazine rings is 1. The lowest BCUT2D eigenvalue weighted by Crippen LogP contribution is -2.47. The third-order valence-corrected chi connectivity index (χ3v) is 3.20. The van der Waals surface area contributed by atoms with E-state index in [4.69, 9.17) is 0 Å². The maximum atomic E-state index is 11.5. The minimum atomic E-state index is -0.0600. The third kappa shape index (κ3) is 6.21. The Labute approximate surface area is 111 Å². The molecular formula is C13H28N4O. The minimum absolute atomic E-state index is 0.0600. The first kappa shape index (κ1) is 15.2. The van der Waals surface area contributed by atoms with E-state index in [1.54, 1.807) is 0 Å². The number of carbonyl (C=O) groups excluding carboxylic acids is 1. The van der Waals surface area contributed by atoms with Crippen molar-refractivity contribution in [3.8, 4) is 0 Å². The van der Waals surface area contributed by atoms with Gasteiger partial charge in [-0.3, -0.25) is 0 Å². The lowest BCUT2D eigenvalue weighted by molar-refractivity contribution is 0.138. The molecule has 0 aromatic rings. The van der Waals surface area contributed by atoms with Gasteiger partial charge in [-0.15, -0.1) is 0 Å². The highest BCUT2D eigenvalue weighted by atomic mass is 16.2. The van der Waals surface area contributed by atoms with Crippen LogP contribution in [0.3, 0.4) is 0 Å². The summed E-state index contributed by atoms with van der Waals surface area (Å²) in [6, 6.07) is 0.133. The molecule has 5 heteroatoms. The molecular weight excluding hydrogens is 228 g/mol. The Hall–Kier alpha value is -0.810. The number of hydrogen-bond acceptors (Lipinski definition) is 3. The van der Waals surface area contributed by atoms with Crippen LogP contribution in [0.2, 0.25) is 0 Å². The smallest absolute Gasteiger partial charge is 0.314 e. The van der Waals surface area contributed by atoms with Crippen molar-refractivity contribution in [2.75, 3.05) is 46.3 Å². The number of urea groups is 1. The second kappa shape index (κ2) is 7.59. The highest BCUT2D eigenvalue weighted by Gasteiger charge is 2.16. The van der Waals surface area contributed by atoms with Crippen molar-refractivity contribution in [2.45, 2.75) is 26.8 Å². The summed E-state index contributed by atoms with van der Waals surface area (Å²) in [6.07, 6.45) is 0. The van der Waals surface area contributed by atoms with Crippen molar-refractivity contribution in [1.82, 2.24) is 20.4 Å². The predicted octanol–water partition coefficient (Wildman–Crippen LogP) is 0.578. The lowest BCUT2D eigenvalue weighted by atomic mass is 10.1. The highest BCUT2D eigenvalue weighted by molar-refractivity contribution is 5.74. The SMILES string of the molecule is CC(C)NC(=O)NC[C@H](C)CN1CCN(C)CC1. The van der Waals surface area contributed by atoms with Crippen molar-refractivity contribution in [2.24, 2.45) is 5.92 Å². The van der Waals surface area contributed by atoms with Crippen molar-refractivity contribution >= 4 is 6.03 Å². The number of hydrogen-bond donors (Lipinski definition) is 2. The fourth-order valence-corrected chi connectivity index (χ4v) is 2.12. The van der Waals surface area contributed by atoms with Gasteiger partial charge in [-0.25, -0.2) is 4.79 Å². The summed E-state index contributed by atoms with van der Waals surface area (Å²) < 4.78 is 0. The molecule has 0 aliphatic carbocycles. The molecule has 0 unspecified atom stereocenters. The van der Waals surface area contributed by atoms with Crippen LogP contribution in [0.25, 0.3) is 0 Å². The molecule has 1 aliphatic heterocycles. The van der Waals surface area contributed by atoms with Crippen LogP contribution in [0.4, 0.5) is 4.79 Å². The topological polar surface area (TPSA) is 47.6 Å². The molecule has 1 atom stereocenters. The summed E-state index contributed by atoms with van der Waals surface area (Å²) in [5.74, 6) is 0.492. The molecule has 1 saturated heterocycles. The van der Waals surface area contributed by atoms with Gasteiger partial charge >= 0.3 is 6.03 Å². The molecule has 1 heterocycles. The van der Waals surface area contributed by atoms with Gasteiger partial charge in [0, 0.05) is 45.3 Å². The van der Waals surface area contributed by atoms with E-state index in [-0.39, 0.29) is 12.1 Å². The molecule has 0 radical (unpaired) electrons. The molecule has 0 aromatic heterocycles. The predicted molar refractivity (Wildman–Crippen MR) is 74.8 cm³/mol. The standard InChI is InChI=1S/C13H28N4O/c1-11(2)15-13(18)14-9-12(3)10-17-7-5-16(4)6-8-17/h11-12H,5-10H2,1-4H3,(H2,14,15,18)/t12-/m0/s1. The van der Waals surface area contributed by atoms with E-state index in [0.717, 1.165) is 39.3 Å². The van der Waals surface area contributed by atoms with Gasteiger partial charge in [-0.05, 0) is 26.8 Å². The van der Waals surface area contributed by atoms with Gasteiger partial charge in [-0.1, -0.05) is 6.92 Å². The van der Waals surface area contributed by atoms with Gasteiger partial charge < -0.3 is 20.4 Å². The van der Waals surface area contributed by atoms with Gasteiger partial charge in [0.05, 0.1) is 0 Å². The molecule has 2 amide bonds. The molecule has 1 aliphatic rings. The van der Waals surface area contributed by atoms with Crippen LogP contribution in [-0.4, -0.2) is 68.2 Å². The Bertz CT molecular complexity index is 249. The second-order valence-corrected chi connectivity index (χ2v) is 5.72. The maximum absolute atomic E-state index is 11.5. The van der Waals surface area contributed by atoms with Crippen molar-refractivity contribution in [1.29, 1.82) is 0 Å². The van der Waals surface area contributed by atoms with E-state index in [1.807, 2.05) is 13.8 Å². The first-order chi connectivity index (χ1) is 8.47. The number of likely N-dealkylation sites (N-methyl/N-ethyl adjacent to an activating group) is 1. The fraction of sp³-hybridized carbons (Fsp3) is 0.923. The normalized spacial score (nSPS) is 19.8. The Balaban J connectivity index is 2.13. The Morgan fingerprint density at radius 1 is 1.17 bits per heavy atom. The van der Waals surface area contributed by atoms with Gasteiger partial charge in [-0.2, -0.15) is 0 Å². The van der Waals surface area contributed by atoms with Crippen LogP contribution in [-0.2, 0) is 0 Å². The second-order valence-electron chi connectivity index (χ2n) is 5.72. The fourth-order valence-electron chi connectivity index (χ4n) is 2.12. The Morgan fingerprint density at radius 3 is 2.33 bits per heavy atom. The Kier molecular flexibility index (Phi) is 6.43. The van der Waals surface area contributed by atoms with E-state index in [9.17, 15) is 4.79 Å². The maximum Gasteiger partial charge on any atom is 0.314 e. The van der Waals surface area contributed by atoms with Crippen molar-refractivity contribution in [3.05, 3.63) is 0 Å². The summed E-state index contributed by atoms with van der Waals surface area (Å²) in [5.41, 5.74) is 0. The summed E-state index contributed by atoms with van der Waals surface area (Å²) in [6.45, 7) is 12.5. The largest absolute Gasteiger partial charge is 0.338 e. The van der Waals surface area contributed by atoms with Gasteiger partial charge in [0.2, 0.25) is 0 Å². The monoisotopic (exact) mass is 256 g/mol. The van der Waals surface area contributed by atoms with Crippen LogP contribution >= 0.6 is 0 Å². The molecule has 0 saturated carbocycles. The molecule has 18 heavy (non-hydrogen) atoms. The molecule has 0 aromatic carbocycles. The van der Waals surface area contributed by atoms with Crippen LogP contribution in [0, 0.1) is 5.92 Å². The van der Waals surface area contributed by atoms with Crippen molar-refractivity contribution < 1.29 is 4.79 Å². The van der Waals surface area contributed by atoms with Gasteiger partial charge in [0.25, 0.3) is 0 Å². The van der Waals surface area contributed by atoms with E-state index >= 15 is 0 Å². The Morgan fingerprint density at radius 2 is 1.78 bits per heavy atom. The summed E-state index contributed by atoms with van der Waals surface area (Å²) in [5, 5.41) is 5.76. The number of rotatable bonds is 5. The third-order valence-electron chi connectivity index (χ3n) is 3.20. The average molecular weight is 256 g/mol. The van der Waals surface area contributed by atoms with Crippen LogP contribution in [0.1, 0.15) is 20.8 Å². The molecule has 0 bridgehead atoms. The zero-order valence-corrected chi connectivity index (χ0v) is 12.2. The molecule has 2 N–H and O–H groups in total. The zero-order valence-electron chi connectivity index (χ0n) is 12.2. The van der Waals surface area contributed by atoms with E-state index in [2.05, 4.69) is 34.4 Å². The average Bonchev–Trinajstić information content (AvgIpc) is 2.29. The molecule has 1 rings (SSSR count).